The van der Waals surface area contributed by atoms with Crippen LogP contribution in [0.5, 0.6) is 0 Å². The molecule has 0 atom stereocenters. The van der Waals surface area contributed by atoms with Gasteiger partial charge in [-0.3, -0.25) is 0 Å². The lowest BCUT2D eigenvalue weighted by atomic mass is 10.2. The summed E-state index contributed by atoms with van der Waals surface area (Å²) in [5, 5.41) is 0. The summed E-state index contributed by atoms with van der Waals surface area (Å²) in [6.45, 7) is 1.95. The number of nitrogens with zero attached hydrogens (tertiary/aromatic N) is 1. The summed E-state index contributed by atoms with van der Waals surface area (Å²) in [7, 11) is 0. The Bertz CT molecular complexity index is 311. The fourth-order valence-electron chi connectivity index (χ4n) is 1.38. The maximum Gasteiger partial charge on any atom is 0.0427 e. The number of rotatable bonds is 2. The lowest BCUT2D eigenvalue weighted by molar-refractivity contribution is 0.404. The summed E-state index contributed by atoms with van der Waals surface area (Å²) >= 11 is 0. The second-order valence-corrected chi connectivity index (χ2v) is 3.10. The molecule has 1 radical (unpaired) electrons. The molecule has 1 aliphatic heterocycles. The lowest BCUT2D eigenvalue weighted by Crippen LogP contribution is -2.18. The summed E-state index contributed by atoms with van der Waals surface area (Å²) in [4.78, 5) is 2.26. The zero-order valence-corrected chi connectivity index (χ0v) is 7.48. The fourth-order valence-corrected chi connectivity index (χ4v) is 1.38. The Morgan fingerprint density at radius 2 is 2.08 bits per heavy atom. The van der Waals surface area contributed by atoms with E-state index in [2.05, 4.69) is 41.4 Å². The average Bonchev–Trinajstić information content (AvgIpc) is 2.21. The average molecular weight is 170 g/mol. The van der Waals surface area contributed by atoms with Crippen LogP contribution in [0.4, 0.5) is 0 Å². The van der Waals surface area contributed by atoms with Crippen molar-refractivity contribution >= 4 is 0 Å². The van der Waals surface area contributed by atoms with Crippen LogP contribution in [0.25, 0.3) is 0 Å². The second-order valence-electron chi connectivity index (χ2n) is 3.10. The summed E-state index contributed by atoms with van der Waals surface area (Å²) in [5.74, 6) is 0. The normalized spacial score (nSPS) is 14.9. The Kier molecular flexibility index (Phi) is 2.46. The van der Waals surface area contributed by atoms with Gasteiger partial charge in [0.2, 0.25) is 0 Å². The minimum absolute atomic E-state index is 0.964. The SMILES string of the molecule is [C]1=CCN(Cc2ccccc2)C=C1. The molecule has 13 heavy (non-hydrogen) atoms. The number of hydrogen-bond donors (Lipinski definition) is 0. The number of benzene rings is 1. The molecule has 1 aliphatic rings. The van der Waals surface area contributed by atoms with Crippen molar-refractivity contribution in [3.63, 3.8) is 0 Å². The van der Waals surface area contributed by atoms with Gasteiger partial charge in [-0.25, -0.2) is 0 Å². The standard InChI is InChI=1S/C12H12N/c1-3-7-12(8-4-1)11-13-9-5-2-6-10-13/h1,3-9H,10-11H2. The van der Waals surface area contributed by atoms with Crippen LogP contribution >= 0.6 is 0 Å². The first-order chi connectivity index (χ1) is 6.45. The Balaban J connectivity index is 1.99. The summed E-state index contributed by atoms with van der Waals surface area (Å²) in [6, 6.07) is 10.5. The second kappa shape index (κ2) is 3.94. The highest BCUT2D eigenvalue weighted by Gasteiger charge is 1.99. The van der Waals surface area contributed by atoms with Gasteiger partial charge in [0.05, 0.1) is 0 Å². The van der Waals surface area contributed by atoms with Crippen LogP contribution in [-0.4, -0.2) is 11.4 Å². The molecule has 0 N–H and O–H groups in total. The van der Waals surface area contributed by atoms with E-state index in [-0.39, 0.29) is 0 Å². The third kappa shape index (κ3) is 2.22. The monoisotopic (exact) mass is 170 g/mol. The first-order valence-electron chi connectivity index (χ1n) is 4.47. The van der Waals surface area contributed by atoms with Gasteiger partial charge in [0.15, 0.2) is 0 Å². The van der Waals surface area contributed by atoms with Crippen molar-refractivity contribution in [1.29, 1.82) is 0 Å². The predicted octanol–water partition coefficient (Wildman–Crippen LogP) is 2.38. The zero-order valence-electron chi connectivity index (χ0n) is 7.48. The molecule has 2 rings (SSSR count). The van der Waals surface area contributed by atoms with E-state index in [0.717, 1.165) is 13.1 Å². The highest BCUT2D eigenvalue weighted by atomic mass is 15.1. The maximum absolute atomic E-state index is 3.05. The maximum atomic E-state index is 3.05. The van der Waals surface area contributed by atoms with E-state index in [9.17, 15) is 0 Å². The molecular formula is C12H12N. The molecule has 0 bridgehead atoms. The molecule has 0 saturated carbocycles. The van der Waals surface area contributed by atoms with Crippen LogP contribution < -0.4 is 0 Å². The highest BCUT2D eigenvalue weighted by molar-refractivity contribution is 5.16. The fraction of sp³-hybridized carbons (Fsp3) is 0.167. The van der Waals surface area contributed by atoms with Gasteiger partial charge >= 0.3 is 0 Å². The first kappa shape index (κ1) is 8.11. The van der Waals surface area contributed by atoms with E-state index < -0.39 is 0 Å². The smallest absolute Gasteiger partial charge is 0.0427 e. The Labute approximate surface area is 79.0 Å². The lowest BCUT2D eigenvalue weighted by Gasteiger charge is -2.20. The molecule has 1 heteroatoms. The van der Waals surface area contributed by atoms with Crippen LogP contribution in [0.2, 0.25) is 0 Å². The first-order valence-corrected chi connectivity index (χ1v) is 4.47. The zero-order chi connectivity index (χ0) is 8.93. The van der Waals surface area contributed by atoms with Crippen molar-refractivity contribution in [3.05, 3.63) is 60.3 Å². The van der Waals surface area contributed by atoms with Crippen LogP contribution in [0.15, 0.2) is 48.7 Å². The predicted molar refractivity (Wildman–Crippen MR) is 53.8 cm³/mol. The molecule has 0 amide bonds. The molecule has 0 aliphatic carbocycles. The minimum Gasteiger partial charge on any atom is -0.369 e. The van der Waals surface area contributed by atoms with Crippen molar-refractivity contribution in [3.8, 4) is 0 Å². The Hall–Kier alpha value is -1.50. The van der Waals surface area contributed by atoms with Gasteiger partial charge in [-0.2, -0.15) is 0 Å². The summed E-state index contributed by atoms with van der Waals surface area (Å²) in [6.07, 6.45) is 9.13. The molecule has 0 aromatic heterocycles. The molecule has 1 aromatic carbocycles. The van der Waals surface area contributed by atoms with Gasteiger partial charge in [-0.1, -0.05) is 36.4 Å². The van der Waals surface area contributed by atoms with Gasteiger partial charge in [0, 0.05) is 19.3 Å². The Morgan fingerprint density at radius 3 is 2.77 bits per heavy atom. The van der Waals surface area contributed by atoms with Gasteiger partial charge in [0.25, 0.3) is 0 Å². The Morgan fingerprint density at radius 1 is 1.23 bits per heavy atom. The molecule has 0 spiro atoms. The quantitative estimate of drug-likeness (QED) is 0.658. The number of allylic oxidation sites excluding steroid dienone is 2. The molecule has 65 valence electrons. The van der Waals surface area contributed by atoms with E-state index in [0.29, 0.717) is 0 Å². The van der Waals surface area contributed by atoms with Gasteiger partial charge < -0.3 is 4.90 Å². The van der Waals surface area contributed by atoms with Crippen LogP contribution in [-0.2, 0) is 6.54 Å². The van der Waals surface area contributed by atoms with E-state index in [1.165, 1.54) is 5.56 Å². The van der Waals surface area contributed by atoms with Crippen molar-refractivity contribution in [2.75, 3.05) is 6.54 Å². The van der Waals surface area contributed by atoms with Crippen LogP contribution in [0.1, 0.15) is 5.56 Å². The van der Waals surface area contributed by atoms with Crippen molar-refractivity contribution in [1.82, 2.24) is 4.90 Å². The van der Waals surface area contributed by atoms with E-state index >= 15 is 0 Å². The van der Waals surface area contributed by atoms with Crippen molar-refractivity contribution < 1.29 is 0 Å². The minimum atomic E-state index is 0.964. The summed E-state index contributed by atoms with van der Waals surface area (Å²) < 4.78 is 0. The van der Waals surface area contributed by atoms with Crippen LogP contribution in [0.3, 0.4) is 0 Å². The van der Waals surface area contributed by atoms with E-state index in [1.54, 1.807) is 0 Å². The molecule has 0 unspecified atom stereocenters. The highest BCUT2D eigenvalue weighted by Crippen LogP contribution is 2.06. The largest absolute Gasteiger partial charge is 0.369 e. The molecule has 0 fully saturated rings. The van der Waals surface area contributed by atoms with E-state index in [4.69, 9.17) is 0 Å². The third-order valence-electron chi connectivity index (χ3n) is 2.05. The topological polar surface area (TPSA) is 3.24 Å². The molecule has 1 aromatic rings. The van der Waals surface area contributed by atoms with Gasteiger partial charge in [-0.05, 0) is 17.7 Å². The van der Waals surface area contributed by atoms with E-state index in [1.807, 2.05) is 18.2 Å². The number of hydrogen-bond acceptors (Lipinski definition) is 1. The van der Waals surface area contributed by atoms with Gasteiger partial charge in [0.1, 0.15) is 0 Å². The molecule has 1 nitrogen and oxygen atoms in total. The van der Waals surface area contributed by atoms with Crippen LogP contribution in [0, 0.1) is 6.08 Å². The van der Waals surface area contributed by atoms with Crippen molar-refractivity contribution in [2.24, 2.45) is 0 Å². The molecular weight excluding hydrogens is 158 g/mol. The van der Waals surface area contributed by atoms with Gasteiger partial charge in [-0.15, -0.1) is 0 Å². The third-order valence-corrected chi connectivity index (χ3v) is 2.05. The molecule has 0 saturated heterocycles. The molecule has 1 heterocycles. The summed E-state index contributed by atoms with van der Waals surface area (Å²) in [5.41, 5.74) is 1.35. The van der Waals surface area contributed by atoms with Crippen molar-refractivity contribution in [2.45, 2.75) is 6.54 Å².